The van der Waals surface area contributed by atoms with Crippen LogP contribution in [0.4, 0.5) is 11.8 Å². The van der Waals surface area contributed by atoms with Crippen molar-refractivity contribution >= 4 is 39.7 Å². The second-order valence-corrected chi connectivity index (χ2v) is 11.7. The number of benzene rings is 1. The zero-order chi connectivity index (χ0) is 30.5. The molecule has 0 aliphatic carbocycles. The Morgan fingerprint density at radius 2 is 1.78 bits per heavy atom. The Bertz CT molecular complexity index is 2040. The summed E-state index contributed by atoms with van der Waals surface area (Å²) in [5.74, 6) is 1.01. The SMILES string of the molecule is CN1CCN(c2ncc(C(=O)N3CCc4cc(Cn5nc(-c6cnc7[nH]ccc7c6)c6c(N)ncnc65)ccc4C3)cn2)CC1. The molecular weight excluding hydrogens is 568 g/mol. The predicted octanol–water partition coefficient (Wildman–Crippen LogP) is 2.74. The van der Waals surface area contributed by atoms with Crippen LogP contribution < -0.4 is 10.6 Å². The van der Waals surface area contributed by atoms with Crippen LogP contribution in [-0.2, 0) is 19.5 Å². The van der Waals surface area contributed by atoms with Crippen molar-refractivity contribution < 1.29 is 4.79 Å². The minimum Gasteiger partial charge on any atom is -0.383 e. The van der Waals surface area contributed by atoms with Gasteiger partial charge in [-0.15, -0.1) is 0 Å². The molecule has 1 aromatic carbocycles. The maximum Gasteiger partial charge on any atom is 0.257 e. The van der Waals surface area contributed by atoms with E-state index in [1.807, 2.05) is 27.9 Å². The molecule has 45 heavy (non-hydrogen) atoms. The lowest BCUT2D eigenvalue weighted by molar-refractivity contribution is 0.0734. The number of nitrogens with two attached hydrogens (primary N) is 1. The van der Waals surface area contributed by atoms with Gasteiger partial charge in [0.1, 0.15) is 23.5 Å². The molecule has 2 aliphatic heterocycles. The summed E-state index contributed by atoms with van der Waals surface area (Å²) in [6.07, 6.45) is 9.20. The molecule has 0 saturated carbocycles. The third kappa shape index (κ3) is 5.00. The molecule has 13 heteroatoms. The van der Waals surface area contributed by atoms with E-state index < -0.39 is 0 Å². The molecular formula is C32H32N12O. The summed E-state index contributed by atoms with van der Waals surface area (Å²) >= 11 is 0. The largest absolute Gasteiger partial charge is 0.383 e. The Hall–Kier alpha value is -5.43. The van der Waals surface area contributed by atoms with E-state index in [0.29, 0.717) is 53.7 Å². The highest BCUT2D eigenvalue weighted by molar-refractivity contribution is 5.99. The van der Waals surface area contributed by atoms with Gasteiger partial charge in [-0.05, 0) is 42.3 Å². The van der Waals surface area contributed by atoms with Gasteiger partial charge < -0.3 is 25.4 Å². The zero-order valence-corrected chi connectivity index (χ0v) is 24.9. The van der Waals surface area contributed by atoms with Crippen molar-refractivity contribution in [3.05, 3.63) is 83.7 Å². The molecule has 8 rings (SSSR count). The summed E-state index contributed by atoms with van der Waals surface area (Å²) in [6.45, 7) is 5.41. The van der Waals surface area contributed by atoms with Gasteiger partial charge in [-0.1, -0.05) is 18.2 Å². The van der Waals surface area contributed by atoms with Gasteiger partial charge in [0, 0.05) is 75.0 Å². The highest BCUT2D eigenvalue weighted by Gasteiger charge is 2.24. The molecule has 0 spiro atoms. The monoisotopic (exact) mass is 600 g/mol. The van der Waals surface area contributed by atoms with Crippen LogP contribution >= 0.6 is 0 Å². The first kappa shape index (κ1) is 27.1. The number of nitrogen functional groups attached to an aromatic ring is 1. The van der Waals surface area contributed by atoms with Gasteiger partial charge in [0.2, 0.25) is 5.95 Å². The highest BCUT2D eigenvalue weighted by Crippen LogP contribution is 2.32. The van der Waals surface area contributed by atoms with Crippen LogP contribution in [0.3, 0.4) is 0 Å². The number of aromatic amines is 1. The average Bonchev–Trinajstić information content (AvgIpc) is 3.70. The van der Waals surface area contributed by atoms with E-state index in [4.69, 9.17) is 10.8 Å². The maximum atomic E-state index is 13.4. The number of H-pyrrole nitrogens is 1. The number of nitrogens with zero attached hydrogens (tertiary/aromatic N) is 10. The molecule has 13 nitrogen and oxygen atoms in total. The van der Waals surface area contributed by atoms with Crippen molar-refractivity contribution in [3.8, 4) is 11.3 Å². The van der Waals surface area contributed by atoms with E-state index in [1.165, 1.54) is 11.9 Å². The van der Waals surface area contributed by atoms with E-state index in [1.54, 1.807) is 18.6 Å². The number of aromatic nitrogens is 8. The number of carbonyl (C=O) groups excluding carboxylic acids is 1. The first-order chi connectivity index (χ1) is 22.0. The van der Waals surface area contributed by atoms with Crippen LogP contribution in [0.1, 0.15) is 27.0 Å². The Morgan fingerprint density at radius 3 is 2.62 bits per heavy atom. The molecule has 0 atom stereocenters. The maximum absolute atomic E-state index is 13.4. The predicted molar refractivity (Wildman–Crippen MR) is 171 cm³/mol. The molecule has 5 aromatic heterocycles. The molecule has 2 aliphatic rings. The van der Waals surface area contributed by atoms with Crippen molar-refractivity contribution in [2.24, 2.45) is 0 Å². The molecule has 1 saturated heterocycles. The number of anilines is 2. The summed E-state index contributed by atoms with van der Waals surface area (Å²) < 4.78 is 1.87. The number of hydrogen-bond donors (Lipinski definition) is 2. The Morgan fingerprint density at radius 1 is 0.933 bits per heavy atom. The number of carbonyl (C=O) groups is 1. The Balaban J connectivity index is 1.00. The van der Waals surface area contributed by atoms with E-state index in [0.717, 1.165) is 60.3 Å². The van der Waals surface area contributed by atoms with Crippen LogP contribution in [0.2, 0.25) is 0 Å². The fourth-order valence-corrected chi connectivity index (χ4v) is 6.25. The van der Waals surface area contributed by atoms with Gasteiger partial charge in [-0.3, -0.25) is 4.79 Å². The molecule has 1 fully saturated rings. The number of hydrogen-bond acceptors (Lipinski definition) is 10. The number of piperazine rings is 1. The Labute approximate surface area is 258 Å². The molecule has 0 bridgehead atoms. The van der Waals surface area contributed by atoms with Crippen LogP contribution in [0.15, 0.2) is 61.4 Å². The molecule has 1 amide bonds. The number of likely N-dealkylation sites (N-methyl/N-ethyl adjacent to an activating group) is 1. The van der Waals surface area contributed by atoms with Crippen molar-refractivity contribution in [3.63, 3.8) is 0 Å². The normalized spacial score (nSPS) is 15.6. The third-order valence-corrected chi connectivity index (χ3v) is 8.81. The molecule has 226 valence electrons. The van der Waals surface area contributed by atoms with Gasteiger partial charge in [0.05, 0.1) is 17.5 Å². The number of nitrogens with one attached hydrogen (secondary N) is 1. The van der Waals surface area contributed by atoms with Crippen molar-refractivity contribution in [2.75, 3.05) is 50.4 Å². The van der Waals surface area contributed by atoms with E-state index in [2.05, 4.69) is 65.0 Å². The lowest BCUT2D eigenvalue weighted by Gasteiger charge is -2.32. The number of pyridine rings is 1. The summed E-state index contributed by atoms with van der Waals surface area (Å²) in [4.78, 5) is 45.2. The van der Waals surface area contributed by atoms with Gasteiger partial charge in [-0.2, -0.15) is 5.10 Å². The number of amides is 1. The zero-order valence-electron chi connectivity index (χ0n) is 24.9. The molecule has 0 radical (unpaired) electrons. The second-order valence-electron chi connectivity index (χ2n) is 11.7. The lowest BCUT2D eigenvalue weighted by Crippen LogP contribution is -2.45. The van der Waals surface area contributed by atoms with Crippen LogP contribution in [0.5, 0.6) is 0 Å². The number of fused-ring (bicyclic) bond motifs is 3. The standard InChI is InChI=1S/C32H32N12O/c1-41-8-10-42(11-9-41)32-36-15-25(16-37-32)31(45)43-7-5-21-12-20(2-3-23(21)18-43)17-44-30-26(28(33)38-19-39-30)27(40-44)24-13-22-4-6-34-29(22)35-14-24/h2-4,6,12-16,19H,5,7-11,17-18H2,1H3,(H,34,35)(H2,33,38,39). The van der Waals surface area contributed by atoms with Crippen LogP contribution in [-0.4, -0.2) is 95.2 Å². The van der Waals surface area contributed by atoms with Gasteiger partial charge in [-0.25, -0.2) is 29.6 Å². The van der Waals surface area contributed by atoms with Crippen molar-refractivity contribution in [1.29, 1.82) is 0 Å². The number of rotatable bonds is 5. The minimum atomic E-state index is -0.0465. The van der Waals surface area contributed by atoms with Crippen molar-refractivity contribution in [1.82, 2.24) is 49.5 Å². The summed E-state index contributed by atoms with van der Waals surface area (Å²) in [5.41, 5.74) is 13.3. The average molecular weight is 601 g/mol. The van der Waals surface area contributed by atoms with Crippen LogP contribution in [0, 0.1) is 0 Å². The fraction of sp³-hybridized carbons (Fsp3) is 0.281. The summed E-state index contributed by atoms with van der Waals surface area (Å²) in [5, 5.41) is 6.64. The Kier molecular flexibility index (Phi) is 6.59. The topological polar surface area (TPSA) is 151 Å². The fourth-order valence-electron chi connectivity index (χ4n) is 6.25. The summed E-state index contributed by atoms with van der Waals surface area (Å²) in [6, 6.07) is 10.4. The molecule has 7 heterocycles. The first-order valence-electron chi connectivity index (χ1n) is 15.1. The van der Waals surface area contributed by atoms with E-state index in [9.17, 15) is 4.79 Å². The summed E-state index contributed by atoms with van der Waals surface area (Å²) in [7, 11) is 2.12. The highest BCUT2D eigenvalue weighted by atomic mass is 16.2. The quantitative estimate of drug-likeness (QED) is 0.302. The molecule has 0 unspecified atom stereocenters. The van der Waals surface area contributed by atoms with Gasteiger partial charge >= 0.3 is 0 Å². The smallest absolute Gasteiger partial charge is 0.257 e. The molecule has 6 aromatic rings. The van der Waals surface area contributed by atoms with Crippen LogP contribution in [0.25, 0.3) is 33.3 Å². The molecule has 3 N–H and O–H groups in total. The second kappa shape index (κ2) is 10.9. The lowest BCUT2D eigenvalue weighted by atomic mass is 9.97. The third-order valence-electron chi connectivity index (χ3n) is 8.81. The van der Waals surface area contributed by atoms with Gasteiger partial charge in [0.25, 0.3) is 5.91 Å². The first-order valence-corrected chi connectivity index (χ1v) is 15.1. The minimum absolute atomic E-state index is 0.0465. The van der Waals surface area contributed by atoms with Crippen molar-refractivity contribution in [2.45, 2.75) is 19.5 Å². The van der Waals surface area contributed by atoms with Gasteiger partial charge in [0.15, 0.2) is 5.65 Å². The van der Waals surface area contributed by atoms with E-state index >= 15 is 0 Å². The van der Waals surface area contributed by atoms with E-state index in [-0.39, 0.29) is 5.91 Å².